The van der Waals surface area contributed by atoms with Crippen molar-refractivity contribution >= 4 is 0 Å². The Morgan fingerprint density at radius 2 is 1.36 bits per heavy atom. The minimum atomic E-state index is -1.20. The first kappa shape index (κ1) is 18.1. The molecule has 0 amide bonds. The van der Waals surface area contributed by atoms with Crippen molar-refractivity contribution in [3.05, 3.63) is 71.8 Å². The molecule has 1 saturated carbocycles. The molecular weight excluding hydrogens is 312 g/mol. The van der Waals surface area contributed by atoms with Crippen molar-refractivity contribution in [2.24, 2.45) is 0 Å². The number of hydrogen-bond donors (Lipinski definition) is 1. The molecule has 1 unspecified atom stereocenters. The number of rotatable bonds is 3. The van der Waals surface area contributed by atoms with Crippen LogP contribution in [0.5, 0.6) is 0 Å². The van der Waals surface area contributed by atoms with E-state index in [1.807, 2.05) is 74.5 Å². The summed E-state index contributed by atoms with van der Waals surface area (Å²) in [5.74, 6) is -0.484. The van der Waals surface area contributed by atoms with Crippen LogP contribution in [0.25, 0.3) is 0 Å². The van der Waals surface area contributed by atoms with E-state index in [1.54, 1.807) is 0 Å². The summed E-state index contributed by atoms with van der Waals surface area (Å²) in [4.78, 5) is 0. The average Bonchev–Trinajstić information content (AvgIpc) is 3.34. The van der Waals surface area contributed by atoms with Gasteiger partial charge in [-0.05, 0) is 24.0 Å². The molecule has 1 aliphatic heterocycles. The number of ether oxygens (including phenoxy) is 2. The summed E-state index contributed by atoms with van der Waals surface area (Å²) < 4.78 is 12.3. The fourth-order valence-electron chi connectivity index (χ4n) is 3.86. The first-order chi connectivity index (χ1) is 12.2. The second-order valence-corrected chi connectivity index (χ2v) is 6.53. The molecule has 0 radical (unpaired) electrons. The lowest BCUT2D eigenvalue weighted by atomic mass is 9.82. The summed E-state index contributed by atoms with van der Waals surface area (Å²) in [5.41, 5.74) is 0.485. The van der Waals surface area contributed by atoms with Crippen molar-refractivity contribution in [3.8, 4) is 0 Å². The van der Waals surface area contributed by atoms with Crippen LogP contribution in [-0.2, 0) is 15.1 Å². The minimum Gasteiger partial charge on any atom is -0.378 e. The Morgan fingerprint density at radius 1 is 0.880 bits per heavy atom. The molecule has 0 bridgehead atoms. The zero-order valence-electron chi connectivity index (χ0n) is 15.2. The van der Waals surface area contributed by atoms with Gasteiger partial charge in [0.25, 0.3) is 0 Å². The molecule has 1 saturated heterocycles. The number of hydrogen-bond acceptors (Lipinski definition) is 3. The molecule has 4 rings (SSSR count). The van der Waals surface area contributed by atoms with Crippen LogP contribution in [0.4, 0.5) is 0 Å². The van der Waals surface area contributed by atoms with Crippen LogP contribution < -0.4 is 0 Å². The second-order valence-electron chi connectivity index (χ2n) is 6.53. The Hall–Kier alpha value is -1.68. The van der Waals surface area contributed by atoms with Crippen molar-refractivity contribution in [1.82, 2.24) is 0 Å². The Morgan fingerprint density at radius 3 is 1.84 bits per heavy atom. The molecule has 2 fully saturated rings. The lowest BCUT2D eigenvalue weighted by Crippen LogP contribution is -2.43. The largest absolute Gasteiger partial charge is 0.378 e. The third-order valence-electron chi connectivity index (χ3n) is 5.11. The summed E-state index contributed by atoms with van der Waals surface area (Å²) in [6.07, 6.45) is 3.70. The van der Waals surface area contributed by atoms with Gasteiger partial charge >= 0.3 is 0 Å². The van der Waals surface area contributed by atoms with Gasteiger partial charge in [0.05, 0.1) is 6.61 Å². The van der Waals surface area contributed by atoms with Gasteiger partial charge in [0.1, 0.15) is 11.7 Å². The van der Waals surface area contributed by atoms with Crippen LogP contribution in [0.2, 0.25) is 0 Å². The highest BCUT2D eigenvalue weighted by Gasteiger charge is 2.52. The molecular formula is C22H28O3. The maximum Gasteiger partial charge on any atom is 0.169 e. The highest BCUT2D eigenvalue weighted by Crippen LogP contribution is 2.45. The molecule has 1 aliphatic carbocycles. The molecule has 1 spiro atoms. The Kier molecular flexibility index (Phi) is 5.57. The predicted octanol–water partition coefficient (Wildman–Crippen LogP) is 4.63. The van der Waals surface area contributed by atoms with Gasteiger partial charge in [0.2, 0.25) is 0 Å². The van der Waals surface area contributed by atoms with E-state index >= 15 is 0 Å². The normalized spacial score (nSPS) is 21.8. The molecule has 2 aliphatic rings. The molecule has 25 heavy (non-hydrogen) atoms. The van der Waals surface area contributed by atoms with Crippen LogP contribution >= 0.6 is 0 Å². The van der Waals surface area contributed by atoms with Crippen LogP contribution in [0, 0.1) is 0 Å². The van der Waals surface area contributed by atoms with Crippen molar-refractivity contribution in [2.45, 2.75) is 57.0 Å². The van der Waals surface area contributed by atoms with Gasteiger partial charge in [0.15, 0.2) is 5.79 Å². The maximum absolute atomic E-state index is 11.7. The summed E-state index contributed by atoms with van der Waals surface area (Å²) in [7, 11) is 0. The van der Waals surface area contributed by atoms with E-state index < -0.39 is 17.5 Å². The van der Waals surface area contributed by atoms with Gasteiger partial charge in [0, 0.05) is 12.8 Å². The van der Waals surface area contributed by atoms with E-state index in [1.165, 1.54) is 0 Å². The molecule has 0 aromatic heterocycles. The van der Waals surface area contributed by atoms with Crippen LogP contribution in [0.1, 0.15) is 50.7 Å². The predicted molar refractivity (Wildman–Crippen MR) is 99.3 cm³/mol. The van der Waals surface area contributed by atoms with Gasteiger partial charge in [-0.1, -0.05) is 74.5 Å². The summed E-state index contributed by atoms with van der Waals surface area (Å²) in [6.45, 7) is 4.42. The van der Waals surface area contributed by atoms with E-state index in [4.69, 9.17) is 9.47 Å². The molecule has 2 aromatic rings. The first-order valence-corrected chi connectivity index (χ1v) is 9.38. The van der Waals surface area contributed by atoms with Gasteiger partial charge in [-0.3, -0.25) is 0 Å². The number of benzene rings is 2. The molecule has 2 aromatic carbocycles. The van der Waals surface area contributed by atoms with Gasteiger partial charge in [-0.2, -0.15) is 0 Å². The Bertz CT molecular complexity index is 608. The van der Waals surface area contributed by atoms with E-state index in [-0.39, 0.29) is 0 Å². The highest BCUT2D eigenvalue weighted by atomic mass is 16.7. The zero-order chi connectivity index (χ0) is 17.8. The van der Waals surface area contributed by atoms with Gasteiger partial charge in [-0.25, -0.2) is 0 Å². The fourth-order valence-corrected chi connectivity index (χ4v) is 3.86. The van der Waals surface area contributed by atoms with Crippen LogP contribution in [-0.4, -0.2) is 23.6 Å². The maximum atomic E-state index is 11.7. The molecule has 1 atom stereocenters. The zero-order valence-corrected chi connectivity index (χ0v) is 15.2. The standard InChI is InChI=1S/C20H22O3.C2H6/c21-20(16-9-3-1-4-10-16,17-11-5-2-6-12-17)18-15-22-19(23-18)13-7-8-14-19;1-2/h1-6,9-12,18,21H,7-8,13-15H2;1-2H3. The average molecular weight is 340 g/mol. The van der Waals surface area contributed by atoms with E-state index in [0.717, 1.165) is 36.8 Å². The lowest BCUT2D eigenvalue weighted by Gasteiger charge is -2.35. The molecule has 134 valence electrons. The SMILES string of the molecule is CC.OC(c1ccccc1)(c1ccccc1)C1COC2(CCCC2)O1. The van der Waals surface area contributed by atoms with Crippen LogP contribution in [0.15, 0.2) is 60.7 Å². The van der Waals surface area contributed by atoms with Crippen molar-refractivity contribution < 1.29 is 14.6 Å². The summed E-state index contributed by atoms with van der Waals surface area (Å²) in [5, 5.41) is 11.7. The molecule has 3 nitrogen and oxygen atoms in total. The van der Waals surface area contributed by atoms with E-state index in [0.29, 0.717) is 6.61 Å². The topological polar surface area (TPSA) is 38.7 Å². The van der Waals surface area contributed by atoms with Crippen molar-refractivity contribution in [3.63, 3.8) is 0 Å². The first-order valence-electron chi connectivity index (χ1n) is 9.38. The lowest BCUT2D eigenvalue weighted by molar-refractivity contribution is -0.183. The Labute approximate surface area is 150 Å². The van der Waals surface area contributed by atoms with Gasteiger partial charge in [-0.15, -0.1) is 0 Å². The van der Waals surface area contributed by atoms with Gasteiger partial charge < -0.3 is 14.6 Å². The summed E-state index contributed by atoms with van der Waals surface area (Å²) in [6, 6.07) is 19.5. The third kappa shape index (κ3) is 3.37. The van der Waals surface area contributed by atoms with Crippen LogP contribution in [0.3, 0.4) is 0 Å². The summed E-state index contributed by atoms with van der Waals surface area (Å²) >= 11 is 0. The molecule has 1 heterocycles. The monoisotopic (exact) mass is 340 g/mol. The van der Waals surface area contributed by atoms with E-state index in [2.05, 4.69) is 0 Å². The quantitative estimate of drug-likeness (QED) is 0.885. The smallest absolute Gasteiger partial charge is 0.169 e. The van der Waals surface area contributed by atoms with Crippen molar-refractivity contribution in [2.75, 3.05) is 6.61 Å². The Balaban J connectivity index is 0.000000880. The van der Waals surface area contributed by atoms with E-state index in [9.17, 15) is 5.11 Å². The fraction of sp³-hybridized carbons (Fsp3) is 0.455. The number of aliphatic hydroxyl groups is 1. The molecule has 3 heteroatoms. The second kappa shape index (κ2) is 7.69. The highest BCUT2D eigenvalue weighted by molar-refractivity contribution is 5.38. The minimum absolute atomic E-state index is 0.398. The van der Waals surface area contributed by atoms with Crippen molar-refractivity contribution in [1.29, 1.82) is 0 Å². The molecule has 1 N–H and O–H groups in total. The third-order valence-corrected chi connectivity index (χ3v) is 5.11.